The number of benzene rings is 2. The average Bonchev–Trinajstić information content (AvgIpc) is 3.27. The van der Waals surface area contributed by atoms with Gasteiger partial charge in [-0.3, -0.25) is 9.59 Å². The summed E-state index contributed by atoms with van der Waals surface area (Å²) in [6.07, 6.45) is 8.50. The van der Waals surface area contributed by atoms with Gasteiger partial charge in [0.1, 0.15) is 5.75 Å². The molecular weight excluding hydrogens is 720 g/mol. The topological polar surface area (TPSA) is 149 Å². The molecule has 2 aromatic carbocycles. The van der Waals surface area contributed by atoms with Crippen LogP contribution in [0.25, 0.3) is 0 Å². The molecule has 1 saturated carbocycles. The van der Waals surface area contributed by atoms with Crippen molar-refractivity contribution in [2.24, 2.45) is 11.8 Å². The molecule has 3 heterocycles. The van der Waals surface area contributed by atoms with Gasteiger partial charge in [0.2, 0.25) is 5.91 Å². The highest BCUT2D eigenvalue weighted by Crippen LogP contribution is 2.48. The van der Waals surface area contributed by atoms with Gasteiger partial charge in [0.05, 0.1) is 30.9 Å². The second-order valence-corrected chi connectivity index (χ2v) is 17.7. The summed E-state index contributed by atoms with van der Waals surface area (Å²) in [7, 11) is -1.06. The summed E-state index contributed by atoms with van der Waals surface area (Å²) >= 11 is 6.46. The fourth-order valence-electron chi connectivity index (χ4n) is 8.94. The van der Waals surface area contributed by atoms with Crippen molar-refractivity contribution < 1.29 is 37.7 Å². The zero-order chi connectivity index (χ0) is 37.5. The Bertz CT molecular complexity index is 1850. The molecule has 3 N–H and O–H groups in total. The molecule has 5 atom stereocenters. The number of ether oxygens (including phenoxy) is 2. The SMILES string of the molecule is CO[C@H]1/C=C/CCN(C)C(=O)C[C@](O)(C(=O)NS(=O)(=O)N2CCC(O)CC2)c2ccc3c(c2)N(C[C@@H]2CC[C@H]21)C[C@@]1(CCCc2cc(Cl)ccc21)CO3. The van der Waals surface area contributed by atoms with Crippen molar-refractivity contribution in [3.8, 4) is 5.75 Å². The lowest BCUT2D eigenvalue weighted by molar-refractivity contribution is -0.148. The van der Waals surface area contributed by atoms with Gasteiger partial charge in [-0.1, -0.05) is 35.9 Å². The number of aryl methyl sites for hydroxylation is 1. The zero-order valence-electron chi connectivity index (χ0n) is 30.5. The second-order valence-electron chi connectivity index (χ2n) is 15.6. The van der Waals surface area contributed by atoms with E-state index < -0.39 is 40.1 Å². The van der Waals surface area contributed by atoms with E-state index >= 15 is 0 Å². The van der Waals surface area contributed by atoms with Crippen LogP contribution in [-0.2, 0) is 42.0 Å². The van der Waals surface area contributed by atoms with Crippen LogP contribution in [0.1, 0.15) is 68.1 Å². The van der Waals surface area contributed by atoms with E-state index in [0.717, 1.165) is 36.4 Å². The third kappa shape index (κ3) is 7.57. The summed E-state index contributed by atoms with van der Waals surface area (Å²) in [4.78, 5) is 31.7. The zero-order valence-corrected chi connectivity index (χ0v) is 32.1. The third-order valence-electron chi connectivity index (χ3n) is 12.3. The molecule has 2 fully saturated rings. The molecule has 0 radical (unpaired) electrons. The van der Waals surface area contributed by atoms with Crippen molar-refractivity contribution in [2.45, 2.75) is 81.0 Å². The monoisotopic (exact) mass is 770 g/mol. The van der Waals surface area contributed by atoms with Crippen LogP contribution in [0, 0.1) is 11.8 Å². The molecule has 2 aliphatic carbocycles. The minimum atomic E-state index is -4.40. The Morgan fingerprint density at radius 2 is 1.89 bits per heavy atom. The van der Waals surface area contributed by atoms with E-state index in [9.17, 15) is 28.2 Å². The maximum atomic E-state index is 14.2. The van der Waals surface area contributed by atoms with Crippen molar-refractivity contribution in [3.63, 3.8) is 0 Å². The molecule has 0 aromatic heterocycles. The first-order valence-corrected chi connectivity index (χ1v) is 20.6. The van der Waals surface area contributed by atoms with E-state index in [2.05, 4.69) is 21.8 Å². The number of halogens is 1. The fourth-order valence-corrected chi connectivity index (χ4v) is 10.4. The quantitative estimate of drug-likeness (QED) is 0.397. The summed E-state index contributed by atoms with van der Waals surface area (Å²) in [5.74, 6) is -0.598. The van der Waals surface area contributed by atoms with Gasteiger partial charge in [-0.2, -0.15) is 12.7 Å². The maximum Gasteiger partial charge on any atom is 0.303 e. The highest BCUT2D eigenvalue weighted by Gasteiger charge is 2.47. The number of piperidine rings is 1. The smallest absolute Gasteiger partial charge is 0.303 e. The molecule has 288 valence electrons. The number of aliphatic hydroxyl groups is 2. The van der Waals surface area contributed by atoms with Gasteiger partial charge in [-0.25, -0.2) is 4.72 Å². The number of hydrogen-bond acceptors (Lipinski definition) is 9. The van der Waals surface area contributed by atoms with Crippen LogP contribution in [-0.4, -0.2) is 105 Å². The molecule has 3 aliphatic heterocycles. The summed E-state index contributed by atoms with van der Waals surface area (Å²) in [5.41, 5.74) is 0.267. The fraction of sp³-hybridized carbons (Fsp3) is 0.590. The first-order valence-electron chi connectivity index (χ1n) is 18.8. The van der Waals surface area contributed by atoms with Crippen LogP contribution in [0.4, 0.5) is 5.69 Å². The number of amides is 2. The van der Waals surface area contributed by atoms with E-state index in [1.807, 2.05) is 18.2 Å². The number of rotatable bonds is 4. The second kappa shape index (κ2) is 15.1. The summed E-state index contributed by atoms with van der Waals surface area (Å²) in [6, 6.07) is 11.1. The lowest BCUT2D eigenvalue weighted by Gasteiger charge is -2.46. The molecule has 1 spiro atoms. The molecule has 53 heavy (non-hydrogen) atoms. The van der Waals surface area contributed by atoms with Crippen molar-refractivity contribution >= 4 is 39.3 Å². The van der Waals surface area contributed by atoms with Gasteiger partial charge < -0.3 is 29.5 Å². The van der Waals surface area contributed by atoms with Crippen LogP contribution in [0.15, 0.2) is 48.6 Å². The van der Waals surface area contributed by atoms with Gasteiger partial charge in [-0.05, 0) is 104 Å². The van der Waals surface area contributed by atoms with Crippen molar-refractivity contribution in [1.82, 2.24) is 13.9 Å². The number of nitrogens with zero attached hydrogens (tertiary/aromatic N) is 3. The van der Waals surface area contributed by atoms with E-state index in [-0.39, 0.29) is 54.8 Å². The van der Waals surface area contributed by atoms with Crippen molar-refractivity contribution in [1.29, 1.82) is 0 Å². The predicted octanol–water partition coefficient (Wildman–Crippen LogP) is 3.67. The Morgan fingerprint density at radius 1 is 1.09 bits per heavy atom. The minimum Gasteiger partial charge on any atom is -0.490 e. The Balaban J connectivity index is 1.31. The largest absolute Gasteiger partial charge is 0.490 e. The number of anilines is 1. The average molecular weight is 771 g/mol. The number of nitrogens with one attached hydrogen (secondary N) is 1. The van der Waals surface area contributed by atoms with Crippen LogP contribution in [0.2, 0.25) is 5.02 Å². The van der Waals surface area contributed by atoms with Crippen LogP contribution >= 0.6 is 11.6 Å². The lowest BCUT2D eigenvalue weighted by Crippen LogP contribution is -2.54. The summed E-state index contributed by atoms with van der Waals surface area (Å²) < 4.78 is 42.8. The van der Waals surface area contributed by atoms with Gasteiger partial charge in [-0.15, -0.1) is 0 Å². The first-order chi connectivity index (χ1) is 25.3. The molecule has 0 unspecified atom stereocenters. The van der Waals surface area contributed by atoms with E-state index in [0.29, 0.717) is 49.1 Å². The number of hydrogen-bond donors (Lipinski definition) is 3. The molecule has 5 aliphatic rings. The number of methoxy groups -OCH3 is 1. The molecular formula is C39H51ClN4O8S. The van der Waals surface area contributed by atoms with E-state index in [1.54, 1.807) is 32.4 Å². The molecule has 2 bridgehead atoms. The molecule has 12 nitrogen and oxygen atoms in total. The summed E-state index contributed by atoms with van der Waals surface area (Å²) in [5, 5.41) is 23.1. The molecule has 2 amide bonds. The van der Waals surface area contributed by atoms with Crippen molar-refractivity contribution in [2.75, 3.05) is 58.4 Å². The van der Waals surface area contributed by atoms with Gasteiger partial charge >= 0.3 is 10.2 Å². The van der Waals surface area contributed by atoms with Crippen LogP contribution in [0.3, 0.4) is 0 Å². The van der Waals surface area contributed by atoms with E-state index in [4.69, 9.17) is 21.1 Å². The Labute approximate surface area is 317 Å². The Kier molecular flexibility index (Phi) is 10.9. The van der Waals surface area contributed by atoms with Crippen molar-refractivity contribution in [3.05, 3.63) is 70.3 Å². The normalized spacial score (nSPS) is 30.7. The minimum absolute atomic E-state index is 0.0196. The molecule has 14 heteroatoms. The number of aliphatic hydroxyl groups excluding tert-OH is 1. The maximum absolute atomic E-state index is 14.2. The lowest BCUT2D eigenvalue weighted by atomic mass is 9.68. The number of carbonyl (C=O) groups excluding carboxylic acids is 2. The Hall–Kier alpha value is -3.20. The highest BCUT2D eigenvalue weighted by atomic mass is 35.5. The van der Waals surface area contributed by atoms with Gasteiger partial charge in [0.25, 0.3) is 5.91 Å². The Morgan fingerprint density at radius 3 is 2.62 bits per heavy atom. The third-order valence-corrected chi connectivity index (χ3v) is 14.0. The van der Waals surface area contributed by atoms with E-state index in [1.165, 1.54) is 16.0 Å². The number of fused-ring (bicyclic) bond motifs is 4. The first kappa shape index (κ1) is 38.1. The van der Waals surface area contributed by atoms with Crippen LogP contribution < -0.4 is 14.4 Å². The van der Waals surface area contributed by atoms with Crippen LogP contribution in [0.5, 0.6) is 5.75 Å². The molecule has 7 rings (SSSR count). The number of carbonyl (C=O) groups is 2. The molecule has 1 saturated heterocycles. The van der Waals surface area contributed by atoms with Gasteiger partial charge in [0.15, 0.2) is 5.60 Å². The van der Waals surface area contributed by atoms with Gasteiger partial charge in [0, 0.05) is 57.3 Å². The standard InChI is InChI=1S/C39H51ClN4O8S/c1-42-17-4-3-7-34(51-2)31-11-8-27(31)23-43-24-38(16-5-6-26-20-29(40)10-12-32(26)38)25-52-35-13-9-28(21-33(35)43)39(48,22-36(42)46)37(47)41-53(49,50)44-18-14-30(45)15-19-44/h3,7,9-10,12-13,20-21,27,30-31,34,45,48H,4-6,8,11,14-19,22-25H2,1-2H3,(H,41,47)/b7-3+/t27-,31+,34-,38-,39+/m0/s1. The highest BCUT2D eigenvalue weighted by molar-refractivity contribution is 7.87. The summed E-state index contributed by atoms with van der Waals surface area (Å²) in [6.45, 7) is 2.06. The molecule has 2 aromatic rings. The predicted molar refractivity (Wildman–Crippen MR) is 201 cm³/mol.